The number of sulfonamides is 1. The molecule has 1 aliphatic rings. The number of rotatable bonds is 2. The van der Waals surface area contributed by atoms with Crippen LogP contribution in [0, 0.1) is 11.3 Å². The Morgan fingerprint density at radius 2 is 2.20 bits per heavy atom. The molecular weight excluding hydrogens is 232 g/mol. The molecule has 1 N–H and O–H groups in total. The molecule has 1 heterocycles. The monoisotopic (exact) mass is 242 g/mol. The Balaban J connectivity index is 2.46. The van der Waals surface area contributed by atoms with Gasteiger partial charge in [-0.1, -0.05) is 0 Å². The van der Waals surface area contributed by atoms with Crippen LogP contribution in [-0.2, 0) is 22.9 Å². The first-order valence-corrected chi connectivity index (χ1v) is 7.24. The molecule has 0 unspecified atom stereocenters. The van der Waals surface area contributed by atoms with Crippen molar-refractivity contribution < 1.29 is 8.42 Å². The molecule has 0 bridgehead atoms. The summed E-state index contributed by atoms with van der Waals surface area (Å²) in [4.78, 5) is 1.15. The zero-order chi connectivity index (χ0) is 11.1. The van der Waals surface area contributed by atoms with Gasteiger partial charge in [0.05, 0.1) is 11.8 Å². The van der Waals surface area contributed by atoms with Gasteiger partial charge in [0.25, 0.3) is 0 Å². The summed E-state index contributed by atoms with van der Waals surface area (Å²) >= 11 is 1.39. The molecule has 0 saturated heterocycles. The van der Waals surface area contributed by atoms with Gasteiger partial charge in [0.1, 0.15) is 11.1 Å². The summed E-state index contributed by atoms with van der Waals surface area (Å²) in [5.74, 6) is 0. The normalized spacial score (nSPS) is 14.7. The maximum atomic E-state index is 11.1. The van der Waals surface area contributed by atoms with Gasteiger partial charge >= 0.3 is 0 Å². The van der Waals surface area contributed by atoms with Gasteiger partial charge in [-0.05, 0) is 24.8 Å². The van der Waals surface area contributed by atoms with Crippen LogP contribution in [0.15, 0.2) is 0 Å². The van der Waals surface area contributed by atoms with E-state index in [0.29, 0.717) is 10.6 Å². The van der Waals surface area contributed by atoms with Crippen LogP contribution in [0.5, 0.6) is 0 Å². The Labute approximate surface area is 92.6 Å². The van der Waals surface area contributed by atoms with Gasteiger partial charge in [-0.25, -0.2) is 8.42 Å². The summed E-state index contributed by atoms with van der Waals surface area (Å²) in [7, 11) is -3.29. The molecule has 0 aliphatic heterocycles. The van der Waals surface area contributed by atoms with Crippen LogP contribution >= 0.6 is 11.3 Å². The molecule has 0 radical (unpaired) electrons. The maximum absolute atomic E-state index is 11.1. The molecule has 0 saturated carbocycles. The van der Waals surface area contributed by atoms with E-state index >= 15 is 0 Å². The molecule has 80 valence electrons. The van der Waals surface area contributed by atoms with Crippen molar-refractivity contribution in [1.82, 2.24) is 0 Å². The van der Waals surface area contributed by atoms with Crippen molar-refractivity contribution in [2.75, 3.05) is 11.0 Å². The second kappa shape index (κ2) is 3.51. The molecule has 1 aromatic rings. The van der Waals surface area contributed by atoms with Crippen LogP contribution in [0.2, 0.25) is 0 Å². The number of nitriles is 1. The van der Waals surface area contributed by atoms with E-state index in [4.69, 9.17) is 5.26 Å². The summed E-state index contributed by atoms with van der Waals surface area (Å²) in [6.07, 6.45) is 4.01. The van der Waals surface area contributed by atoms with E-state index in [0.717, 1.165) is 36.0 Å². The summed E-state index contributed by atoms with van der Waals surface area (Å²) < 4.78 is 24.6. The van der Waals surface area contributed by atoms with E-state index in [2.05, 4.69) is 10.8 Å². The average molecular weight is 242 g/mol. The average Bonchev–Trinajstić information content (AvgIpc) is 2.60. The molecule has 2 rings (SSSR count). The Kier molecular flexibility index (Phi) is 2.44. The second-order valence-electron chi connectivity index (χ2n) is 3.55. The molecule has 0 fully saturated rings. The highest BCUT2D eigenvalue weighted by molar-refractivity contribution is 7.92. The topological polar surface area (TPSA) is 70.0 Å². The molecule has 6 heteroatoms. The molecule has 4 nitrogen and oxygen atoms in total. The van der Waals surface area contributed by atoms with Crippen LogP contribution in [0.25, 0.3) is 0 Å². The third-order valence-electron chi connectivity index (χ3n) is 2.31. The minimum Gasteiger partial charge on any atom is -0.273 e. The summed E-state index contributed by atoms with van der Waals surface area (Å²) in [5.41, 5.74) is 1.55. The van der Waals surface area contributed by atoms with Gasteiger partial charge < -0.3 is 0 Å². The van der Waals surface area contributed by atoms with Crippen LogP contribution < -0.4 is 4.72 Å². The molecule has 0 spiro atoms. The van der Waals surface area contributed by atoms with Crippen molar-refractivity contribution in [3.63, 3.8) is 0 Å². The number of nitrogens with one attached hydrogen (secondary N) is 1. The molecular formula is C9H10N2O2S2. The number of anilines is 1. The van der Waals surface area contributed by atoms with Gasteiger partial charge in [0.15, 0.2) is 0 Å². The van der Waals surface area contributed by atoms with Crippen LogP contribution in [0.1, 0.15) is 22.4 Å². The third-order valence-corrected chi connectivity index (χ3v) is 4.22. The van der Waals surface area contributed by atoms with Gasteiger partial charge in [0.2, 0.25) is 10.0 Å². The van der Waals surface area contributed by atoms with E-state index < -0.39 is 10.0 Å². The molecule has 0 atom stereocenters. The molecule has 15 heavy (non-hydrogen) atoms. The highest BCUT2D eigenvalue weighted by atomic mass is 32.2. The van der Waals surface area contributed by atoms with Crippen LogP contribution in [0.4, 0.5) is 5.00 Å². The lowest BCUT2D eigenvalue weighted by Crippen LogP contribution is -2.09. The minimum absolute atomic E-state index is 0.477. The van der Waals surface area contributed by atoms with Crippen LogP contribution in [-0.4, -0.2) is 14.7 Å². The van der Waals surface area contributed by atoms with Gasteiger partial charge in [-0.2, -0.15) is 5.26 Å². The van der Waals surface area contributed by atoms with E-state index in [1.165, 1.54) is 11.3 Å². The van der Waals surface area contributed by atoms with E-state index in [9.17, 15) is 8.42 Å². The predicted octanol–water partition coefficient (Wildman–Crippen LogP) is 1.48. The molecule has 0 amide bonds. The third kappa shape index (κ3) is 1.98. The summed E-state index contributed by atoms with van der Waals surface area (Å²) in [6.45, 7) is 0. The number of hydrogen-bond acceptors (Lipinski definition) is 4. The second-order valence-corrected chi connectivity index (χ2v) is 6.40. The van der Waals surface area contributed by atoms with Crippen molar-refractivity contribution in [1.29, 1.82) is 5.26 Å². The fourth-order valence-electron chi connectivity index (χ4n) is 1.76. The number of aryl methyl sites for hydroxylation is 1. The quantitative estimate of drug-likeness (QED) is 0.854. The summed E-state index contributed by atoms with van der Waals surface area (Å²) in [5, 5.41) is 9.47. The lowest BCUT2D eigenvalue weighted by atomic mass is 10.1. The molecule has 0 aromatic carbocycles. The van der Waals surface area contributed by atoms with Crippen molar-refractivity contribution in [3.8, 4) is 6.07 Å². The largest absolute Gasteiger partial charge is 0.273 e. The number of nitrogens with zero attached hydrogens (tertiary/aromatic N) is 1. The van der Waals surface area contributed by atoms with E-state index in [1.807, 2.05) is 0 Å². The number of hydrogen-bond donors (Lipinski definition) is 1. The molecule has 1 aromatic heterocycles. The smallest absolute Gasteiger partial charge is 0.230 e. The number of thiophene rings is 1. The first-order chi connectivity index (χ1) is 7.01. The standard InChI is InChI=1S/C9H10N2O2S2/c1-15(12,13)11-9-7(5-10)6-3-2-4-8(6)14-9/h11H,2-4H2,1H3. The first-order valence-electron chi connectivity index (χ1n) is 4.53. The van der Waals surface area contributed by atoms with E-state index in [1.54, 1.807) is 0 Å². The fraction of sp³-hybridized carbons (Fsp3) is 0.444. The van der Waals surface area contributed by atoms with Gasteiger partial charge in [-0.15, -0.1) is 11.3 Å². The predicted molar refractivity (Wildman–Crippen MR) is 59.5 cm³/mol. The SMILES string of the molecule is CS(=O)(=O)Nc1sc2c(c1C#N)CCC2. The highest BCUT2D eigenvalue weighted by Gasteiger charge is 2.23. The van der Waals surface area contributed by atoms with Crippen LogP contribution in [0.3, 0.4) is 0 Å². The Morgan fingerprint density at radius 1 is 1.47 bits per heavy atom. The maximum Gasteiger partial charge on any atom is 0.230 e. The molecule has 1 aliphatic carbocycles. The minimum atomic E-state index is -3.29. The summed E-state index contributed by atoms with van der Waals surface area (Å²) in [6, 6.07) is 2.08. The van der Waals surface area contributed by atoms with Crippen molar-refractivity contribution in [3.05, 3.63) is 16.0 Å². The Bertz CT molecular complexity index is 537. The Hall–Kier alpha value is -1.06. The van der Waals surface area contributed by atoms with Gasteiger partial charge in [0, 0.05) is 4.88 Å². The van der Waals surface area contributed by atoms with Crippen molar-refractivity contribution in [2.24, 2.45) is 0 Å². The zero-order valence-electron chi connectivity index (χ0n) is 8.20. The van der Waals surface area contributed by atoms with Crippen molar-refractivity contribution >= 4 is 26.4 Å². The zero-order valence-corrected chi connectivity index (χ0v) is 9.83. The lowest BCUT2D eigenvalue weighted by molar-refractivity contribution is 0.607. The van der Waals surface area contributed by atoms with Crippen molar-refractivity contribution in [2.45, 2.75) is 19.3 Å². The lowest BCUT2D eigenvalue weighted by Gasteiger charge is -2.00. The fourth-order valence-corrected chi connectivity index (χ4v) is 3.91. The number of fused-ring (bicyclic) bond motifs is 1. The highest BCUT2D eigenvalue weighted by Crippen LogP contribution is 2.38. The first kappa shape index (κ1) is 10.5. The Morgan fingerprint density at radius 3 is 2.80 bits per heavy atom. The van der Waals surface area contributed by atoms with E-state index in [-0.39, 0.29) is 0 Å². The van der Waals surface area contributed by atoms with Gasteiger partial charge in [-0.3, -0.25) is 4.72 Å².